The third-order valence-corrected chi connectivity index (χ3v) is 2.59. The Morgan fingerprint density at radius 2 is 2.53 bits per heavy atom. The molecule has 1 aliphatic heterocycles. The number of allylic oxidation sites excluding steroid dienone is 2. The van der Waals surface area contributed by atoms with Gasteiger partial charge in [0, 0.05) is 5.03 Å². The maximum absolute atomic E-state index is 10.4. The van der Waals surface area contributed by atoms with Gasteiger partial charge in [-0.15, -0.1) is 6.58 Å². The predicted octanol–water partition coefficient (Wildman–Crippen LogP) is 1.36. The molecule has 0 bridgehead atoms. The summed E-state index contributed by atoms with van der Waals surface area (Å²) in [4.78, 5) is 14.8. The molecule has 1 amide bonds. The summed E-state index contributed by atoms with van der Waals surface area (Å²) < 4.78 is 0. The second-order valence-corrected chi connectivity index (χ2v) is 4.02. The van der Waals surface area contributed by atoms with E-state index in [0.29, 0.717) is 23.8 Å². The van der Waals surface area contributed by atoms with E-state index in [9.17, 15) is 4.79 Å². The minimum absolute atomic E-state index is 0.0649. The first-order valence-electron chi connectivity index (χ1n) is 5.34. The van der Waals surface area contributed by atoms with Crippen LogP contribution in [0.2, 0.25) is 0 Å². The van der Waals surface area contributed by atoms with Crippen LogP contribution in [-0.2, 0) is 4.79 Å². The third-order valence-electron chi connectivity index (χ3n) is 2.31. The van der Waals surface area contributed by atoms with E-state index < -0.39 is 0 Å². The number of rotatable bonds is 4. The zero-order valence-corrected chi connectivity index (χ0v) is 10.4. The number of nitrogens with one attached hydrogen (secondary N) is 2. The maximum atomic E-state index is 10.4. The first kappa shape index (κ1) is 13.5. The summed E-state index contributed by atoms with van der Waals surface area (Å²) in [7, 11) is 0. The van der Waals surface area contributed by atoms with Crippen LogP contribution in [0.15, 0.2) is 40.9 Å². The Labute approximate surface area is 106 Å². The number of amidine groups is 1. The van der Waals surface area contributed by atoms with Gasteiger partial charge in [-0.3, -0.25) is 9.79 Å². The van der Waals surface area contributed by atoms with E-state index in [0.717, 1.165) is 0 Å². The number of hydrogen-bond donors (Lipinski definition) is 2. The van der Waals surface area contributed by atoms with E-state index in [1.54, 1.807) is 18.2 Å². The summed E-state index contributed by atoms with van der Waals surface area (Å²) in [5, 5.41) is 6.47. The van der Waals surface area contributed by atoms with Crippen molar-refractivity contribution in [1.82, 2.24) is 10.6 Å². The van der Waals surface area contributed by atoms with Crippen LogP contribution in [0.25, 0.3) is 0 Å². The van der Waals surface area contributed by atoms with Crippen molar-refractivity contribution in [3.63, 3.8) is 0 Å². The van der Waals surface area contributed by atoms with Crippen molar-refractivity contribution in [2.24, 2.45) is 4.99 Å². The van der Waals surface area contributed by atoms with Crippen LogP contribution in [0.4, 0.5) is 0 Å². The number of carbonyl (C=O) groups excluding carboxylic acids is 1. The fourth-order valence-electron chi connectivity index (χ4n) is 1.34. The van der Waals surface area contributed by atoms with Crippen LogP contribution in [0, 0.1) is 0 Å². The minimum atomic E-state index is -0.173. The normalized spacial score (nSPS) is 26.8. The molecule has 2 atom stereocenters. The Balaban J connectivity index is 2.88. The molecule has 0 radical (unpaired) electrons. The second-order valence-electron chi connectivity index (χ2n) is 3.59. The Hall–Kier alpha value is -1.55. The fraction of sp³-hybridized carbons (Fsp3) is 0.333. The van der Waals surface area contributed by atoms with Gasteiger partial charge in [0.15, 0.2) is 0 Å². The van der Waals surface area contributed by atoms with E-state index >= 15 is 0 Å². The zero-order chi connectivity index (χ0) is 12.7. The average molecular weight is 254 g/mol. The Kier molecular flexibility index (Phi) is 5.49. The molecular weight excluding hydrogens is 238 g/mol. The molecule has 0 aromatic carbocycles. The second kappa shape index (κ2) is 6.91. The van der Waals surface area contributed by atoms with Crippen molar-refractivity contribution in [3.05, 3.63) is 35.9 Å². The monoisotopic (exact) mass is 253 g/mol. The van der Waals surface area contributed by atoms with E-state index in [1.165, 1.54) is 0 Å². The highest BCUT2D eigenvalue weighted by Gasteiger charge is 2.12. The molecule has 4 nitrogen and oxygen atoms in total. The molecule has 0 saturated carbocycles. The van der Waals surface area contributed by atoms with E-state index in [1.807, 2.05) is 13.0 Å². The van der Waals surface area contributed by atoms with Gasteiger partial charge in [-0.1, -0.05) is 23.8 Å². The van der Waals surface area contributed by atoms with E-state index in [-0.39, 0.29) is 12.1 Å². The van der Waals surface area contributed by atoms with E-state index in [2.05, 4.69) is 22.2 Å². The van der Waals surface area contributed by atoms with E-state index in [4.69, 9.17) is 11.6 Å². The molecule has 1 heterocycles. The summed E-state index contributed by atoms with van der Waals surface area (Å²) in [6, 6.07) is -0.237. The standard InChI is InChI=1S/C12H16ClN3O/c1-3-11-5-4-10(13)6-7-14-12(16-11)9(2)15-8-17/h3-6,8-9,11H,1,7H2,2H3,(H,14,16)(H,15,17)/b5-4-,10-6+. The summed E-state index contributed by atoms with van der Waals surface area (Å²) in [5.74, 6) is 0.703. The average Bonchev–Trinajstić information content (AvgIpc) is 2.40. The van der Waals surface area contributed by atoms with Gasteiger partial charge < -0.3 is 10.6 Å². The topological polar surface area (TPSA) is 53.5 Å². The molecule has 17 heavy (non-hydrogen) atoms. The van der Waals surface area contributed by atoms with Gasteiger partial charge in [0.1, 0.15) is 5.84 Å². The molecule has 2 N–H and O–H groups in total. The molecule has 5 heteroatoms. The van der Waals surface area contributed by atoms with Crippen LogP contribution >= 0.6 is 11.6 Å². The number of amides is 1. The quantitative estimate of drug-likeness (QED) is 0.587. The van der Waals surface area contributed by atoms with Crippen LogP contribution in [0.3, 0.4) is 0 Å². The largest absolute Gasteiger partial charge is 0.362 e. The first-order chi connectivity index (χ1) is 8.17. The number of hydrogen-bond acceptors (Lipinski definition) is 3. The molecule has 92 valence electrons. The molecule has 0 spiro atoms. The highest BCUT2D eigenvalue weighted by molar-refractivity contribution is 6.31. The van der Waals surface area contributed by atoms with Gasteiger partial charge in [-0.05, 0) is 19.1 Å². The van der Waals surface area contributed by atoms with Crippen molar-refractivity contribution < 1.29 is 4.79 Å². The molecule has 0 aromatic rings. The fourth-order valence-corrected chi connectivity index (χ4v) is 1.48. The molecule has 0 aromatic heterocycles. The lowest BCUT2D eigenvalue weighted by molar-refractivity contribution is -0.109. The predicted molar refractivity (Wildman–Crippen MR) is 71.2 cm³/mol. The van der Waals surface area contributed by atoms with Crippen molar-refractivity contribution >= 4 is 23.8 Å². The summed E-state index contributed by atoms with van der Waals surface area (Å²) in [5.41, 5.74) is 0. The molecule has 2 unspecified atom stereocenters. The number of nitrogens with zero attached hydrogens (tertiary/aromatic N) is 1. The van der Waals surface area contributed by atoms with Crippen molar-refractivity contribution in [1.29, 1.82) is 0 Å². The van der Waals surface area contributed by atoms with Crippen LogP contribution < -0.4 is 10.6 Å². The molecule has 0 fully saturated rings. The minimum Gasteiger partial charge on any atom is -0.362 e. The maximum Gasteiger partial charge on any atom is 0.207 e. The lowest BCUT2D eigenvalue weighted by Crippen LogP contribution is -2.45. The Morgan fingerprint density at radius 1 is 1.76 bits per heavy atom. The van der Waals surface area contributed by atoms with Gasteiger partial charge in [0.05, 0.1) is 18.6 Å². The smallest absolute Gasteiger partial charge is 0.207 e. The molecule has 1 rings (SSSR count). The lowest BCUT2D eigenvalue weighted by atomic mass is 10.2. The first-order valence-corrected chi connectivity index (χ1v) is 5.72. The van der Waals surface area contributed by atoms with Gasteiger partial charge in [0.2, 0.25) is 6.41 Å². The molecular formula is C12H16ClN3O. The van der Waals surface area contributed by atoms with Crippen LogP contribution in [0.5, 0.6) is 0 Å². The number of carbonyl (C=O) groups is 1. The Morgan fingerprint density at radius 3 is 3.18 bits per heavy atom. The summed E-state index contributed by atoms with van der Waals surface area (Å²) in [6.45, 7) is 6.06. The molecule has 1 aliphatic rings. The lowest BCUT2D eigenvalue weighted by Gasteiger charge is -2.19. The summed E-state index contributed by atoms with van der Waals surface area (Å²) >= 11 is 5.95. The highest BCUT2D eigenvalue weighted by atomic mass is 35.5. The molecule has 0 aliphatic carbocycles. The van der Waals surface area contributed by atoms with Crippen LogP contribution in [-0.4, -0.2) is 30.9 Å². The highest BCUT2D eigenvalue weighted by Crippen LogP contribution is 2.06. The Bertz CT molecular complexity index is 374. The van der Waals surface area contributed by atoms with Crippen molar-refractivity contribution in [2.45, 2.75) is 19.0 Å². The third kappa shape index (κ3) is 4.44. The van der Waals surface area contributed by atoms with Gasteiger partial charge in [0.25, 0.3) is 0 Å². The molecule has 0 saturated heterocycles. The number of halogens is 1. The van der Waals surface area contributed by atoms with Crippen LogP contribution in [0.1, 0.15) is 6.92 Å². The van der Waals surface area contributed by atoms with Gasteiger partial charge in [-0.25, -0.2) is 0 Å². The van der Waals surface area contributed by atoms with Crippen molar-refractivity contribution in [3.8, 4) is 0 Å². The number of aliphatic imine (C=N–C) groups is 1. The zero-order valence-electron chi connectivity index (χ0n) is 9.69. The SMILES string of the molecule is C=CC1/C=C\C(Cl)=C/CN=C(C(C)NC=O)N1. The van der Waals surface area contributed by atoms with Crippen molar-refractivity contribution in [2.75, 3.05) is 6.54 Å². The van der Waals surface area contributed by atoms with Gasteiger partial charge in [-0.2, -0.15) is 0 Å². The van der Waals surface area contributed by atoms with Gasteiger partial charge >= 0.3 is 0 Å². The summed E-state index contributed by atoms with van der Waals surface area (Å²) in [6.07, 6.45) is 7.90.